The number of hydrogen-bond donors (Lipinski definition) is 3. The second-order valence-corrected chi connectivity index (χ2v) is 2.81. The molecule has 6 heteroatoms. The highest BCUT2D eigenvalue weighted by molar-refractivity contribution is 6.35. The molecule has 1 aromatic carbocycles. The largest absolute Gasteiger partial charge is 0.505 e. The van der Waals surface area contributed by atoms with Crippen molar-refractivity contribution in [3.8, 4) is 5.75 Å². The molecule has 0 spiro atoms. The molecule has 0 heterocycles. The van der Waals surface area contributed by atoms with Crippen molar-refractivity contribution >= 4 is 23.5 Å². The lowest BCUT2D eigenvalue weighted by Gasteiger charge is -2.04. The van der Waals surface area contributed by atoms with Gasteiger partial charge in [0.05, 0.1) is 10.6 Å². The molecule has 0 fully saturated rings. The molecular weight excluding hydrogens is 212 g/mol. The Kier molecular flexibility index (Phi) is 2.62. The SMILES string of the molecule is O=C(O)c1ccc(C(=O)O)c(Cl)c1O. The molecule has 0 bridgehead atoms. The number of hydrogen-bond acceptors (Lipinski definition) is 3. The molecule has 0 aliphatic rings. The second-order valence-electron chi connectivity index (χ2n) is 2.43. The van der Waals surface area contributed by atoms with E-state index in [9.17, 15) is 14.7 Å². The number of aromatic carboxylic acids is 2. The minimum Gasteiger partial charge on any atom is -0.505 e. The number of carboxylic acids is 2. The Morgan fingerprint density at radius 3 is 1.93 bits per heavy atom. The van der Waals surface area contributed by atoms with Gasteiger partial charge in [0.15, 0.2) is 0 Å². The Labute approximate surface area is 83.2 Å². The van der Waals surface area contributed by atoms with Gasteiger partial charge < -0.3 is 15.3 Å². The molecule has 1 aromatic rings. The first-order chi connectivity index (χ1) is 6.45. The van der Waals surface area contributed by atoms with E-state index in [1.165, 1.54) is 0 Å². The molecule has 1 rings (SSSR count). The minimum atomic E-state index is -1.37. The van der Waals surface area contributed by atoms with E-state index in [1.807, 2.05) is 0 Å². The van der Waals surface area contributed by atoms with Gasteiger partial charge in [-0.3, -0.25) is 0 Å². The molecule has 0 radical (unpaired) electrons. The van der Waals surface area contributed by atoms with Crippen LogP contribution in [0.15, 0.2) is 12.1 Å². The molecule has 0 unspecified atom stereocenters. The number of halogens is 1. The van der Waals surface area contributed by atoms with Crippen LogP contribution in [0.2, 0.25) is 5.02 Å². The van der Waals surface area contributed by atoms with Gasteiger partial charge in [0.2, 0.25) is 0 Å². The van der Waals surface area contributed by atoms with Crippen molar-refractivity contribution in [2.75, 3.05) is 0 Å². The van der Waals surface area contributed by atoms with Crippen LogP contribution in [0.5, 0.6) is 5.75 Å². The second kappa shape index (κ2) is 3.55. The Balaban J connectivity index is 3.41. The van der Waals surface area contributed by atoms with E-state index in [2.05, 4.69) is 0 Å². The van der Waals surface area contributed by atoms with Crippen molar-refractivity contribution in [2.45, 2.75) is 0 Å². The van der Waals surface area contributed by atoms with Crippen LogP contribution in [0.1, 0.15) is 20.7 Å². The van der Waals surface area contributed by atoms with E-state index < -0.39 is 28.3 Å². The van der Waals surface area contributed by atoms with E-state index >= 15 is 0 Å². The van der Waals surface area contributed by atoms with E-state index in [0.29, 0.717) is 0 Å². The fourth-order valence-corrected chi connectivity index (χ4v) is 1.15. The zero-order valence-corrected chi connectivity index (χ0v) is 7.45. The molecule has 0 amide bonds. The van der Waals surface area contributed by atoms with Crippen LogP contribution in [0.25, 0.3) is 0 Å². The monoisotopic (exact) mass is 216 g/mol. The van der Waals surface area contributed by atoms with Gasteiger partial charge in [-0.15, -0.1) is 0 Å². The summed E-state index contributed by atoms with van der Waals surface area (Å²) in [5.41, 5.74) is -0.769. The van der Waals surface area contributed by atoms with Gasteiger partial charge in [-0.25, -0.2) is 9.59 Å². The van der Waals surface area contributed by atoms with Gasteiger partial charge in [0.25, 0.3) is 0 Å². The Bertz CT molecular complexity index is 373. The smallest absolute Gasteiger partial charge is 0.339 e. The number of phenols is 1. The van der Waals surface area contributed by atoms with Crippen molar-refractivity contribution in [3.05, 3.63) is 28.3 Å². The topological polar surface area (TPSA) is 94.8 Å². The summed E-state index contributed by atoms with van der Waals surface area (Å²) in [7, 11) is 0. The molecule has 14 heavy (non-hydrogen) atoms. The predicted octanol–water partition coefficient (Wildman–Crippen LogP) is 1.44. The van der Waals surface area contributed by atoms with Gasteiger partial charge in [-0.1, -0.05) is 11.6 Å². The molecule has 0 atom stereocenters. The van der Waals surface area contributed by atoms with Crippen LogP contribution in [0.4, 0.5) is 0 Å². The summed E-state index contributed by atoms with van der Waals surface area (Å²) in [6.07, 6.45) is 0. The lowest BCUT2D eigenvalue weighted by Crippen LogP contribution is -2.02. The first kappa shape index (κ1) is 10.3. The van der Waals surface area contributed by atoms with Crippen molar-refractivity contribution in [1.29, 1.82) is 0 Å². The van der Waals surface area contributed by atoms with Crippen molar-refractivity contribution in [2.24, 2.45) is 0 Å². The van der Waals surface area contributed by atoms with Crippen LogP contribution in [0.3, 0.4) is 0 Å². The first-order valence-corrected chi connectivity index (χ1v) is 3.81. The number of aromatic hydroxyl groups is 1. The molecule has 0 saturated heterocycles. The molecule has 74 valence electrons. The highest BCUT2D eigenvalue weighted by Crippen LogP contribution is 2.30. The number of carbonyl (C=O) groups is 2. The number of rotatable bonds is 2. The fourth-order valence-electron chi connectivity index (χ4n) is 0.902. The maximum Gasteiger partial charge on any atom is 0.339 e. The summed E-state index contributed by atoms with van der Waals surface area (Å²) >= 11 is 5.44. The normalized spacial score (nSPS) is 9.79. The van der Waals surface area contributed by atoms with Gasteiger partial charge in [0, 0.05) is 0 Å². The standard InChI is InChI=1S/C8H5ClO5/c9-5-3(7(11)12)1-2-4(6(5)10)8(13)14/h1-2,10H,(H,11,12)(H,13,14). The molecule has 0 aromatic heterocycles. The molecule has 0 saturated carbocycles. The molecule has 3 N–H and O–H groups in total. The van der Waals surface area contributed by atoms with Crippen LogP contribution in [-0.2, 0) is 0 Å². The van der Waals surface area contributed by atoms with E-state index in [0.717, 1.165) is 12.1 Å². The predicted molar refractivity (Wildman–Crippen MR) is 47.0 cm³/mol. The number of benzene rings is 1. The van der Waals surface area contributed by atoms with Gasteiger partial charge in [-0.05, 0) is 12.1 Å². The fraction of sp³-hybridized carbons (Fsp3) is 0. The average molecular weight is 217 g/mol. The van der Waals surface area contributed by atoms with Crippen LogP contribution in [-0.4, -0.2) is 27.3 Å². The molecule has 0 aliphatic heterocycles. The van der Waals surface area contributed by atoms with Crippen molar-refractivity contribution < 1.29 is 24.9 Å². The molecular formula is C8H5ClO5. The van der Waals surface area contributed by atoms with Crippen molar-refractivity contribution in [3.63, 3.8) is 0 Å². The van der Waals surface area contributed by atoms with E-state index in [4.69, 9.17) is 21.8 Å². The Morgan fingerprint density at radius 2 is 1.50 bits per heavy atom. The summed E-state index contributed by atoms with van der Waals surface area (Å²) < 4.78 is 0. The quantitative estimate of drug-likeness (QED) is 0.695. The maximum atomic E-state index is 10.5. The third-order valence-electron chi connectivity index (χ3n) is 1.58. The highest BCUT2D eigenvalue weighted by atomic mass is 35.5. The zero-order chi connectivity index (χ0) is 10.9. The third kappa shape index (κ3) is 1.62. The summed E-state index contributed by atoms with van der Waals surface area (Å²) in [6.45, 7) is 0. The van der Waals surface area contributed by atoms with Crippen LogP contribution in [0, 0.1) is 0 Å². The summed E-state index contributed by atoms with van der Waals surface area (Å²) in [4.78, 5) is 21.0. The summed E-state index contributed by atoms with van der Waals surface area (Å²) in [6, 6.07) is 2.00. The molecule has 5 nitrogen and oxygen atoms in total. The van der Waals surface area contributed by atoms with Crippen molar-refractivity contribution in [1.82, 2.24) is 0 Å². The number of carboxylic acid groups (broad SMARTS) is 2. The Morgan fingerprint density at radius 1 is 1.07 bits per heavy atom. The highest BCUT2D eigenvalue weighted by Gasteiger charge is 2.18. The third-order valence-corrected chi connectivity index (χ3v) is 1.96. The van der Waals surface area contributed by atoms with Crippen LogP contribution >= 0.6 is 11.6 Å². The van der Waals surface area contributed by atoms with Gasteiger partial charge in [0.1, 0.15) is 11.3 Å². The van der Waals surface area contributed by atoms with Gasteiger partial charge >= 0.3 is 11.9 Å². The maximum absolute atomic E-state index is 10.5. The minimum absolute atomic E-state index is 0.339. The zero-order valence-electron chi connectivity index (χ0n) is 6.69. The van der Waals surface area contributed by atoms with Crippen LogP contribution < -0.4 is 0 Å². The lowest BCUT2D eigenvalue weighted by molar-refractivity contribution is 0.0678. The van der Waals surface area contributed by atoms with E-state index in [-0.39, 0.29) is 5.56 Å². The lowest BCUT2D eigenvalue weighted by atomic mass is 10.1. The average Bonchev–Trinajstić information content (AvgIpc) is 2.08. The van der Waals surface area contributed by atoms with Gasteiger partial charge in [-0.2, -0.15) is 0 Å². The first-order valence-electron chi connectivity index (χ1n) is 3.43. The molecule has 0 aliphatic carbocycles. The summed E-state index contributed by atoms with van der Waals surface area (Å²) in [5.74, 6) is -3.44. The van der Waals surface area contributed by atoms with E-state index in [1.54, 1.807) is 0 Å². The Hall–Kier alpha value is -1.75. The summed E-state index contributed by atoms with van der Waals surface area (Å²) in [5, 5.41) is 25.9.